The van der Waals surface area contributed by atoms with Gasteiger partial charge in [-0.25, -0.2) is 0 Å². The van der Waals surface area contributed by atoms with Gasteiger partial charge in [0.15, 0.2) is 0 Å². The van der Waals surface area contributed by atoms with Crippen LogP contribution in [0.15, 0.2) is 0 Å². The fourth-order valence-corrected chi connectivity index (χ4v) is 3.62. The normalized spacial score (nSPS) is 40.5. The standard InChI is InChI=1S/C14H27NO/c1-4-13-14(16-9-8-15-13)7-5-6-12(10-14)11(2)3/h11-13,15H,4-10H2,1-3H3. The van der Waals surface area contributed by atoms with Gasteiger partial charge >= 0.3 is 0 Å². The van der Waals surface area contributed by atoms with Crippen LogP contribution in [-0.2, 0) is 4.74 Å². The zero-order valence-corrected chi connectivity index (χ0v) is 11.1. The maximum atomic E-state index is 6.23. The minimum absolute atomic E-state index is 0.167. The summed E-state index contributed by atoms with van der Waals surface area (Å²) in [6.45, 7) is 8.95. The van der Waals surface area contributed by atoms with E-state index in [-0.39, 0.29) is 5.60 Å². The average molecular weight is 225 g/mol. The zero-order valence-electron chi connectivity index (χ0n) is 11.1. The third-order valence-electron chi connectivity index (χ3n) is 4.65. The van der Waals surface area contributed by atoms with Crippen LogP contribution in [0.5, 0.6) is 0 Å². The van der Waals surface area contributed by atoms with Crippen LogP contribution in [-0.4, -0.2) is 24.8 Å². The van der Waals surface area contributed by atoms with Gasteiger partial charge in [0.1, 0.15) is 0 Å². The van der Waals surface area contributed by atoms with Gasteiger partial charge in [0, 0.05) is 12.6 Å². The molecular weight excluding hydrogens is 198 g/mol. The molecule has 2 heteroatoms. The second kappa shape index (κ2) is 5.05. The molecule has 0 radical (unpaired) electrons. The van der Waals surface area contributed by atoms with Crippen molar-refractivity contribution in [3.05, 3.63) is 0 Å². The molecule has 1 aliphatic carbocycles. The maximum Gasteiger partial charge on any atom is 0.0838 e. The van der Waals surface area contributed by atoms with Crippen LogP contribution in [0.1, 0.15) is 52.9 Å². The lowest BCUT2D eigenvalue weighted by molar-refractivity contribution is -0.132. The highest BCUT2D eigenvalue weighted by Gasteiger charge is 2.44. The number of hydrogen-bond acceptors (Lipinski definition) is 2. The number of hydrogen-bond donors (Lipinski definition) is 1. The third-order valence-corrected chi connectivity index (χ3v) is 4.65. The monoisotopic (exact) mass is 225 g/mol. The van der Waals surface area contributed by atoms with E-state index >= 15 is 0 Å². The van der Waals surface area contributed by atoms with Crippen LogP contribution < -0.4 is 5.32 Å². The molecule has 1 heterocycles. The van der Waals surface area contributed by atoms with E-state index < -0.39 is 0 Å². The molecule has 0 aromatic heterocycles. The number of nitrogens with one attached hydrogen (secondary N) is 1. The Morgan fingerprint density at radius 1 is 1.44 bits per heavy atom. The quantitative estimate of drug-likeness (QED) is 0.780. The van der Waals surface area contributed by atoms with Gasteiger partial charge in [0.2, 0.25) is 0 Å². The van der Waals surface area contributed by atoms with Gasteiger partial charge in [-0.05, 0) is 37.5 Å². The van der Waals surface area contributed by atoms with Crippen LogP contribution in [0, 0.1) is 11.8 Å². The highest BCUT2D eigenvalue weighted by molar-refractivity contribution is 4.99. The second-order valence-electron chi connectivity index (χ2n) is 5.93. The summed E-state index contributed by atoms with van der Waals surface area (Å²) in [5.41, 5.74) is 0.167. The van der Waals surface area contributed by atoms with E-state index in [2.05, 4.69) is 26.1 Å². The van der Waals surface area contributed by atoms with Crippen LogP contribution in [0.25, 0.3) is 0 Å². The molecule has 1 saturated heterocycles. The number of morpholine rings is 1. The molecule has 2 rings (SSSR count). The molecule has 2 aliphatic rings. The van der Waals surface area contributed by atoms with Crippen LogP contribution in [0.3, 0.4) is 0 Å². The predicted octanol–water partition coefficient (Wildman–Crippen LogP) is 2.97. The zero-order chi connectivity index (χ0) is 11.6. The minimum atomic E-state index is 0.167. The Labute approximate surface area is 100 Å². The average Bonchev–Trinajstić information content (AvgIpc) is 2.30. The first kappa shape index (κ1) is 12.4. The SMILES string of the molecule is CCC1NCCOC12CCCC(C(C)C)C2. The molecule has 0 aromatic rings. The molecule has 0 bridgehead atoms. The van der Waals surface area contributed by atoms with E-state index in [0.717, 1.165) is 25.0 Å². The molecule has 3 unspecified atom stereocenters. The summed E-state index contributed by atoms with van der Waals surface area (Å²) < 4.78 is 6.23. The molecule has 2 nitrogen and oxygen atoms in total. The van der Waals surface area contributed by atoms with Crippen molar-refractivity contribution in [2.24, 2.45) is 11.8 Å². The van der Waals surface area contributed by atoms with Crippen molar-refractivity contribution in [2.45, 2.75) is 64.5 Å². The number of rotatable bonds is 2. The molecule has 3 atom stereocenters. The van der Waals surface area contributed by atoms with Crippen molar-refractivity contribution in [1.29, 1.82) is 0 Å². The first-order valence-electron chi connectivity index (χ1n) is 7.05. The third kappa shape index (κ3) is 2.28. The Balaban J connectivity index is 2.09. The molecule has 0 aromatic carbocycles. The molecule has 94 valence electrons. The smallest absolute Gasteiger partial charge is 0.0838 e. The van der Waals surface area contributed by atoms with Gasteiger partial charge in [0.05, 0.1) is 12.2 Å². The lowest BCUT2D eigenvalue weighted by atomic mass is 9.69. The van der Waals surface area contributed by atoms with Crippen molar-refractivity contribution in [1.82, 2.24) is 5.32 Å². The minimum Gasteiger partial charge on any atom is -0.372 e. The van der Waals surface area contributed by atoms with Gasteiger partial charge < -0.3 is 10.1 Å². The summed E-state index contributed by atoms with van der Waals surface area (Å²) in [7, 11) is 0. The Morgan fingerprint density at radius 2 is 2.25 bits per heavy atom. The van der Waals surface area contributed by atoms with Gasteiger partial charge in [-0.1, -0.05) is 27.2 Å². The lowest BCUT2D eigenvalue weighted by Gasteiger charge is -2.49. The van der Waals surface area contributed by atoms with Crippen molar-refractivity contribution in [3.63, 3.8) is 0 Å². The van der Waals surface area contributed by atoms with E-state index in [1.807, 2.05) is 0 Å². The Kier molecular flexibility index (Phi) is 3.91. The Hall–Kier alpha value is -0.0800. The molecule has 0 amide bonds. The summed E-state index contributed by atoms with van der Waals surface area (Å²) in [4.78, 5) is 0. The summed E-state index contributed by atoms with van der Waals surface area (Å²) in [6.07, 6.45) is 6.49. The summed E-state index contributed by atoms with van der Waals surface area (Å²) in [6, 6.07) is 0.586. The summed E-state index contributed by atoms with van der Waals surface area (Å²) >= 11 is 0. The van der Waals surface area contributed by atoms with E-state index in [1.54, 1.807) is 0 Å². The maximum absolute atomic E-state index is 6.23. The fourth-order valence-electron chi connectivity index (χ4n) is 3.62. The van der Waals surface area contributed by atoms with E-state index in [4.69, 9.17) is 4.74 Å². The molecule has 1 spiro atoms. The van der Waals surface area contributed by atoms with E-state index in [0.29, 0.717) is 6.04 Å². The van der Waals surface area contributed by atoms with Crippen LogP contribution in [0.2, 0.25) is 0 Å². The first-order valence-corrected chi connectivity index (χ1v) is 7.05. The number of ether oxygens (including phenoxy) is 1. The van der Waals surface area contributed by atoms with Crippen molar-refractivity contribution in [3.8, 4) is 0 Å². The molecule has 1 saturated carbocycles. The van der Waals surface area contributed by atoms with Crippen molar-refractivity contribution < 1.29 is 4.74 Å². The van der Waals surface area contributed by atoms with E-state index in [1.165, 1.54) is 32.1 Å². The fraction of sp³-hybridized carbons (Fsp3) is 1.00. The topological polar surface area (TPSA) is 21.3 Å². The summed E-state index contributed by atoms with van der Waals surface area (Å²) in [5, 5.41) is 3.66. The summed E-state index contributed by atoms with van der Waals surface area (Å²) in [5.74, 6) is 1.67. The Bertz CT molecular complexity index is 225. The molecule has 1 aliphatic heterocycles. The van der Waals surface area contributed by atoms with Gasteiger partial charge in [-0.15, -0.1) is 0 Å². The Morgan fingerprint density at radius 3 is 2.94 bits per heavy atom. The molecule has 2 fully saturated rings. The first-order chi connectivity index (χ1) is 7.68. The van der Waals surface area contributed by atoms with Crippen LogP contribution in [0.4, 0.5) is 0 Å². The second-order valence-corrected chi connectivity index (χ2v) is 5.93. The van der Waals surface area contributed by atoms with Crippen LogP contribution >= 0.6 is 0 Å². The van der Waals surface area contributed by atoms with Gasteiger partial charge in [-0.3, -0.25) is 0 Å². The molecular formula is C14H27NO. The lowest BCUT2D eigenvalue weighted by Crippen LogP contribution is -2.59. The van der Waals surface area contributed by atoms with Crippen molar-refractivity contribution >= 4 is 0 Å². The van der Waals surface area contributed by atoms with Gasteiger partial charge in [-0.2, -0.15) is 0 Å². The highest BCUT2D eigenvalue weighted by atomic mass is 16.5. The van der Waals surface area contributed by atoms with Crippen molar-refractivity contribution in [2.75, 3.05) is 13.2 Å². The van der Waals surface area contributed by atoms with E-state index in [9.17, 15) is 0 Å². The van der Waals surface area contributed by atoms with Gasteiger partial charge in [0.25, 0.3) is 0 Å². The molecule has 1 N–H and O–H groups in total. The predicted molar refractivity (Wildman–Crippen MR) is 67.6 cm³/mol. The highest BCUT2D eigenvalue weighted by Crippen LogP contribution is 2.42. The molecule has 16 heavy (non-hydrogen) atoms. The largest absolute Gasteiger partial charge is 0.372 e.